The van der Waals surface area contributed by atoms with E-state index in [0.717, 1.165) is 37.1 Å². The van der Waals surface area contributed by atoms with E-state index in [-0.39, 0.29) is 19.8 Å². The van der Waals surface area contributed by atoms with Gasteiger partial charge in [0.15, 0.2) is 31.3 Å². The smallest absolute Gasteiger partial charge is 0.229 e. The lowest BCUT2D eigenvalue weighted by Crippen LogP contribution is -2.31. The van der Waals surface area contributed by atoms with Crippen LogP contribution in [0.15, 0.2) is 95.0 Å². The molecule has 0 spiro atoms. The van der Waals surface area contributed by atoms with E-state index in [1.807, 2.05) is 0 Å². The summed E-state index contributed by atoms with van der Waals surface area (Å²) in [6, 6.07) is 23.1. The summed E-state index contributed by atoms with van der Waals surface area (Å²) >= 11 is 12.8. The van der Waals surface area contributed by atoms with Gasteiger partial charge in [-0.05, 0) is 204 Å². The van der Waals surface area contributed by atoms with Crippen molar-refractivity contribution in [3.05, 3.63) is 117 Å². The van der Waals surface area contributed by atoms with Crippen LogP contribution >= 0.6 is 23.2 Å². The number of aromatic nitrogens is 4. The number of nitrogens with one attached hydrogen (secondary N) is 4. The molecule has 0 radical (unpaired) electrons. The minimum absolute atomic E-state index is 0.191. The molecule has 2 fully saturated rings. The van der Waals surface area contributed by atoms with E-state index in [2.05, 4.69) is 117 Å². The third kappa shape index (κ3) is 14.2. The molecule has 2 saturated carbocycles. The van der Waals surface area contributed by atoms with E-state index in [0.29, 0.717) is 70.3 Å². The van der Waals surface area contributed by atoms with Crippen molar-refractivity contribution in [3.8, 4) is 11.5 Å². The zero-order valence-electron chi connectivity index (χ0n) is 46.9. The standard InChI is InChI=1S/2C29H38ClN5O3S/c2*1-18(2)39(36,37)27-10-8-7-9-24(27)32-28-23(30)17-31-29(34-28)33-25-15-19(3)22(16-26(25)38-6)20-11-13-21(14-12-20)35(4)5/h2*7-10,15-18,20-21H,11-14H2,1-6H3,(H2,31,32,33,34). The maximum Gasteiger partial charge on any atom is 0.229 e. The Hall–Kier alpha value is -5.76. The lowest BCUT2D eigenvalue weighted by Gasteiger charge is -2.33. The van der Waals surface area contributed by atoms with Crippen LogP contribution in [0.25, 0.3) is 0 Å². The topological polar surface area (TPSA) is 193 Å². The normalized spacial score (nSPS) is 17.9. The van der Waals surface area contributed by atoms with Gasteiger partial charge in [0, 0.05) is 12.1 Å². The molecule has 2 aliphatic carbocycles. The van der Waals surface area contributed by atoms with Gasteiger partial charge in [-0.3, -0.25) is 0 Å². The van der Waals surface area contributed by atoms with Crippen LogP contribution in [0.5, 0.6) is 11.5 Å². The highest BCUT2D eigenvalue weighted by molar-refractivity contribution is 7.92. The highest BCUT2D eigenvalue weighted by Crippen LogP contribution is 2.43. The number of benzene rings is 4. The molecule has 0 bridgehead atoms. The molecule has 0 aliphatic heterocycles. The number of sulfone groups is 2. The molecule has 2 heterocycles. The zero-order chi connectivity index (χ0) is 56.6. The predicted molar refractivity (Wildman–Crippen MR) is 318 cm³/mol. The summed E-state index contributed by atoms with van der Waals surface area (Å²) in [4.78, 5) is 22.8. The number of rotatable bonds is 18. The molecule has 78 heavy (non-hydrogen) atoms. The minimum atomic E-state index is -3.52. The Balaban J connectivity index is 0.000000226. The van der Waals surface area contributed by atoms with Gasteiger partial charge in [0.25, 0.3) is 0 Å². The van der Waals surface area contributed by atoms with Gasteiger partial charge in [0.05, 0.1) is 69.7 Å². The molecular formula is C58H76Cl2N10O6S2. The number of hydrogen-bond donors (Lipinski definition) is 4. The quantitative estimate of drug-likeness (QED) is 0.0634. The summed E-state index contributed by atoms with van der Waals surface area (Å²) in [7, 11) is 4.91. The average molecular weight is 1140 g/mol. The summed E-state index contributed by atoms with van der Waals surface area (Å²) in [5, 5.41) is 12.1. The van der Waals surface area contributed by atoms with Gasteiger partial charge in [-0.2, -0.15) is 9.97 Å². The number of para-hydroxylation sites is 2. The first kappa shape index (κ1) is 59.9. The number of halogens is 2. The largest absolute Gasteiger partial charge is 0.495 e. The highest BCUT2D eigenvalue weighted by atomic mass is 35.5. The molecule has 0 amide bonds. The van der Waals surface area contributed by atoms with Gasteiger partial charge in [0.1, 0.15) is 21.5 Å². The Labute approximate surface area is 472 Å². The van der Waals surface area contributed by atoms with Gasteiger partial charge in [-0.25, -0.2) is 26.8 Å². The lowest BCUT2D eigenvalue weighted by molar-refractivity contribution is 0.216. The number of methoxy groups -OCH3 is 2. The summed E-state index contributed by atoms with van der Waals surface area (Å²) in [6.07, 6.45) is 12.3. The maximum absolute atomic E-state index is 12.9. The van der Waals surface area contributed by atoms with E-state index in [1.54, 1.807) is 90.4 Å². The van der Waals surface area contributed by atoms with Crippen LogP contribution in [0.4, 0.5) is 46.3 Å². The van der Waals surface area contributed by atoms with Crippen molar-refractivity contribution < 1.29 is 26.3 Å². The number of anilines is 8. The minimum Gasteiger partial charge on any atom is -0.495 e. The second-order valence-electron chi connectivity index (χ2n) is 21.2. The summed E-state index contributed by atoms with van der Waals surface area (Å²) in [6.45, 7) is 10.9. The van der Waals surface area contributed by atoms with E-state index >= 15 is 0 Å². The van der Waals surface area contributed by atoms with Crippen molar-refractivity contribution in [3.63, 3.8) is 0 Å². The van der Waals surface area contributed by atoms with Gasteiger partial charge in [-0.1, -0.05) is 47.5 Å². The zero-order valence-corrected chi connectivity index (χ0v) is 50.1. The van der Waals surface area contributed by atoms with Crippen molar-refractivity contribution in [2.24, 2.45) is 0 Å². The van der Waals surface area contributed by atoms with E-state index < -0.39 is 30.2 Å². The third-order valence-electron chi connectivity index (χ3n) is 15.0. The number of aryl methyl sites for hydroxylation is 2. The number of nitrogens with zero attached hydrogens (tertiary/aromatic N) is 6. The first-order valence-corrected chi connectivity index (χ1v) is 30.4. The SMILES string of the molecule is COc1cc(C2CCC(N(C)C)CC2)c(C)cc1Nc1ncc(Cl)c(Nc2ccccc2S(=O)(=O)C(C)C)n1.COc1cc(C2CCC(N(C)C)CC2)c(C)cc1Nc1ncc(Cl)c(Nc2ccccc2S(=O)(=O)C(C)C)n1. The van der Waals surface area contributed by atoms with E-state index in [9.17, 15) is 16.8 Å². The molecule has 0 atom stereocenters. The molecule has 2 aromatic heterocycles. The van der Waals surface area contributed by atoms with Gasteiger partial charge < -0.3 is 40.5 Å². The van der Waals surface area contributed by atoms with E-state index in [4.69, 9.17) is 32.7 Å². The molecule has 0 saturated heterocycles. The third-order valence-corrected chi connectivity index (χ3v) is 20.0. The van der Waals surface area contributed by atoms with Crippen molar-refractivity contribution in [2.75, 3.05) is 63.7 Å². The Bertz CT molecular complexity index is 3060. The van der Waals surface area contributed by atoms with Crippen molar-refractivity contribution in [2.45, 2.75) is 137 Å². The summed E-state index contributed by atoms with van der Waals surface area (Å²) in [5.74, 6) is 3.66. The molecule has 420 valence electrons. The molecule has 0 unspecified atom stereocenters. The average Bonchev–Trinajstić information content (AvgIpc) is 3.49. The second-order valence-corrected chi connectivity index (χ2v) is 27.0. The first-order chi connectivity index (χ1) is 37.0. The van der Waals surface area contributed by atoms with Crippen LogP contribution in [0.1, 0.15) is 113 Å². The van der Waals surface area contributed by atoms with Crippen LogP contribution in [-0.2, 0) is 19.7 Å². The molecular weight excluding hydrogens is 1070 g/mol. The van der Waals surface area contributed by atoms with Crippen LogP contribution in [0.2, 0.25) is 10.0 Å². The van der Waals surface area contributed by atoms with Crippen molar-refractivity contribution in [1.29, 1.82) is 0 Å². The van der Waals surface area contributed by atoms with Crippen LogP contribution in [0.3, 0.4) is 0 Å². The fraction of sp³-hybridized carbons (Fsp3) is 0.448. The summed E-state index contributed by atoms with van der Waals surface area (Å²) in [5.41, 5.74) is 7.31. The maximum atomic E-state index is 12.9. The Morgan fingerprint density at radius 3 is 1.19 bits per heavy atom. The first-order valence-electron chi connectivity index (χ1n) is 26.5. The van der Waals surface area contributed by atoms with Crippen LogP contribution in [0, 0.1) is 13.8 Å². The molecule has 4 aromatic carbocycles. The summed E-state index contributed by atoms with van der Waals surface area (Å²) < 4.78 is 63.1. The van der Waals surface area contributed by atoms with E-state index in [1.165, 1.54) is 60.3 Å². The Morgan fingerprint density at radius 2 is 0.872 bits per heavy atom. The Morgan fingerprint density at radius 1 is 0.526 bits per heavy atom. The monoisotopic (exact) mass is 1140 g/mol. The van der Waals surface area contributed by atoms with Crippen LogP contribution < -0.4 is 30.7 Å². The predicted octanol–water partition coefficient (Wildman–Crippen LogP) is 13.4. The molecule has 8 rings (SSSR count). The molecule has 2 aliphatic rings. The van der Waals surface area contributed by atoms with Gasteiger partial charge in [0.2, 0.25) is 11.9 Å². The molecule has 16 nitrogen and oxygen atoms in total. The van der Waals surface area contributed by atoms with Gasteiger partial charge >= 0.3 is 0 Å². The number of ether oxygens (including phenoxy) is 2. The number of hydrogen-bond acceptors (Lipinski definition) is 16. The van der Waals surface area contributed by atoms with Crippen LogP contribution in [-0.4, -0.2) is 112 Å². The molecule has 6 aromatic rings. The van der Waals surface area contributed by atoms with Gasteiger partial charge in [-0.15, -0.1) is 0 Å². The molecule has 20 heteroatoms. The fourth-order valence-corrected chi connectivity index (χ4v) is 13.0. The lowest BCUT2D eigenvalue weighted by atomic mass is 9.80. The highest BCUT2D eigenvalue weighted by Gasteiger charge is 2.29. The van der Waals surface area contributed by atoms with Crippen molar-refractivity contribution >= 4 is 89.2 Å². The van der Waals surface area contributed by atoms with Crippen molar-refractivity contribution in [1.82, 2.24) is 29.7 Å². The molecule has 4 N–H and O–H groups in total. The Kier molecular flexibility index (Phi) is 20.0. The second kappa shape index (κ2) is 26.0. The fourth-order valence-electron chi connectivity index (χ4n) is 10.3.